The predicted octanol–water partition coefficient (Wildman–Crippen LogP) is 1.71. The molecule has 0 amide bonds. The smallest absolute Gasteiger partial charge is 0.338 e. The van der Waals surface area contributed by atoms with E-state index in [4.69, 9.17) is 10.4 Å². The molecule has 0 saturated carbocycles. The summed E-state index contributed by atoms with van der Waals surface area (Å²) in [4.78, 5) is 24.9. The van der Waals surface area contributed by atoms with E-state index in [0.29, 0.717) is 0 Å². The molecule has 0 aliphatic carbocycles. The Morgan fingerprint density at radius 1 is 1.63 bits per heavy atom. The first kappa shape index (κ1) is 14.5. The number of rotatable bonds is 3. The lowest BCUT2D eigenvalue weighted by molar-refractivity contribution is -0.384. The molecule has 0 fully saturated rings. The lowest BCUT2D eigenvalue weighted by Crippen LogP contribution is -2.13. The monoisotopic (exact) mass is 280 g/mol. The molecule has 0 unspecified atom stereocenters. The largest absolute Gasteiger partial charge is 0.478 e. The normalized spacial score (nSPS) is 10.6. The summed E-state index contributed by atoms with van der Waals surface area (Å²) in [6.07, 6.45) is 3.31. The van der Waals surface area contributed by atoms with Gasteiger partial charge in [0.25, 0.3) is 5.69 Å². The molecule has 2 N–H and O–H groups in total. The first-order valence-corrected chi connectivity index (χ1v) is 6.01. The fourth-order valence-corrected chi connectivity index (χ4v) is 1.53. The summed E-state index contributed by atoms with van der Waals surface area (Å²) in [6.45, 7) is 0. The number of non-ortho nitro benzene ring substituents is 1. The van der Waals surface area contributed by atoms with Crippen molar-refractivity contribution in [2.24, 2.45) is 4.99 Å². The Morgan fingerprint density at radius 3 is 2.79 bits per heavy atom. The Kier molecular flexibility index (Phi) is 4.84. The Balaban J connectivity index is 3.32. The zero-order valence-electron chi connectivity index (χ0n) is 9.65. The van der Waals surface area contributed by atoms with E-state index in [1.807, 2.05) is 0 Å². The summed E-state index contributed by atoms with van der Waals surface area (Å²) in [6, 6.07) is 3.29. The highest BCUT2D eigenvalue weighted by Crippen LogP contribution is 2.25. The summed E-state index contributed by atoms with van der Waals surface area (Å²) < 4.78 is 0. The molecule has 0 saturated heterocycles. The van der Waals surface area contributed by atoms with Crippen molar-refractivity contribution in [3.05, 3.63) is 33.9 Å². The standard InChI is InChI=1S/C10H8N4O4S/c1-19-10(12-5-11)13-8-3-2-6(14(17)18)4-7(8)9(15)16/h2-4H,1H3,(H,12,13)(H,15,16). The third-order valence-corrected chi connectivity index (χ3v) is 2.58. The number of carboxylic acids is 1. The molecule has 0 aliphatic heterocycles. The molecule has 0 aromatic heterocycles. The van der Waals surface area contributed by atoms with Crippen LogP contribution < -0.4 is 5.32 Å². The van der Waals surface area contributed by atoms with Crippen LogP contribution in [0.15, 0.2) is 23.2 Å². The number of nitrogens with one attached hydrogen (secondary N) is 1. The Labute approximate surface area is 111 Å². The zero-order valence-corrected chi connectivity index (χ0v) is 10.5. The highest BCUT2D eigenvalue weighted by atomic mass is 32.2. The average molecular weight is 280 g/mol. The van der Waals surface area contributed by atoms with E-state index in [1.54, 1.807) is 12.4 Å². The van der Waals surface area contributed by atoms with Crippen LogP contribution in [-0.4, -0.2) is 27.4 Å². The third-order valence-electron chi connectivity index (χ3n) is 2.00. The van der Waals surface area contributed by atoms with Gasteiger partial charge >= 0.3 is 5.97 Å². The quantitative estimate of drug-likeness (QED) is 0.215. The minimum Gasteiger partial charge on any atom is -0.478 e. The van der Waals surface area contributed by atoms with E-state index in [2.05, 4.69) is 10.3 Å². The maximum Gasteiger partial charge on any atom is 0.338 e. The van der Waals surface area contributed by atoms with E-state index < -0.39 is 10.9 Å². The van der Waals surface area contributed by atoms with Crippen molar-refractivity contribution in [1.82, 2.24) is 5.32 Å². The van der Waals surface area contributed by atoms with Gasteiger partial charge in [-0.3, -0.25) is 15.4 Å². The van der Waals surface area contributed by atoms with Crippen LogP contribution in [0.3, 0.4) is 0 Å². The summed E-state index contributed by atoms with van der Waals surface area (Å²) >= 11 is 1.11. The number of nitrogens with zero attached hydrogens (tertiary/aromatic N) is 3. The van der Waals surface area contributed by atoms with Gasteiger partial charge in [0.2, 0.25) is 0 Å². The molecule has 1 aromatic rings. The maximum absolute atomic E-state index is 11.0. The molecule has 0 radical (unpaired) electrons. The number of aromatic carboxylic acids is 1. The van der Waals surface area contributed by atoms with Gasteiger partial charge in [-0.25, -0.2) is 9.79 Å². The van der Waals surface area contributed by atoms with Crippen molar-refractivity contribution in [3.63, 3.8) is 0 Å². The number of benzene rings is 1. The van der Waals surface area contributed by atoms with Crippen LogP contribution in [-0.2, 0) is 0 Å². The lowest BCUT2D eigenvalue weighted by atomic mass is 10.1. The van der Waals surface area contributed by atoms with Gasteiger partial charge < -0.3 is 5.11 Å². The number of nitro benzene ring substituents is 1. The molecular weight excluding hydrogens is 272 g/mol. The summed E-state index contributed by atoms with van der Waals surface area (Å²) in [5.74, 6) is -1.33. The molecule has 0 aliphatic rings. The fraction of sp³-hybridized carbons (Fsp3) is 0.100. The molecule has 1 rings (SSSR count). The number of hydrogen-bond acceptors (Lipinski definition) is 6. The maximum atomic E-state index is 11.0. The summed E-state index contributed by atoms with van der Waals surface area (Å²) in [7, 11) is 0. The van der Waals surface area contributed by atoms with Crippen molar-refractivity contribution in [3.8, 4) is 6.19 Å². The Hall–Kier alpha value is -2.60. The third kappa shape index (κ3) is 3.68. The van der Waals surface area contributed by atoms with Gasteiger partial charge in [-0.15, -0.1) is 0 Å². The fourth-order valence-electron chi connectivity index (χ4n) is 1.19. The van der Waals surface area contributed by atoms with Gasteiger partial charge in [-0.05, 0) is 12.3 Å². The molecular formula is C10H8N4O4S. The van der Waals surface area contributed by atoms with Crippen LogP contribution in [0.4, 0.5) is 11.4 Å². The second kappa shape index (κ2) is 6.36. The van der Waals surface area contributed by atoms with Crippen molar-refractivity contribution < 1.29 is 14.8 Å². The van der Waals surface area contributed by atoms with Gasteiger partial charge in [0, 0.05) is 12.1 Å². The van der Waals surface area contributed by atoms with Gasteiger partial charge in [0.1, 0.15) is 0 Å². The van der Waals surface area contributed by atoms with E-state index in [-0.39, 0.29) is 22.1 Å². The zero-order chi connectivity index (χ0) is 14.4. The van der Waals surface area contributed by atoms with Crippen molar-refractivity contribution in [2.45, 2.75) is 0 Å². The Morgan fingerprint density at radius 2 is 2.32 bits per heavy atom. The van der Waals surface area contributed by atoms with Crippen LogP contribution in [0.1, 0.15) is 10.4 Å². The second-order valence-corrected chi connectivity index (χ2v) is 3.92. The van der Waals surface area contributed by atoms with Crippen molar-refractivity contribution >= 4 is 34.3 Å². The first-order chi connectivity index (χ1) is 8.99. The number of carbonyl (C=O) groups is 1. The molecule has 0 heterocycles. The van der Waals surface area contributed by atoms with E-state index in [0.717, 1.165) is 23.9 Å². The van der Waals surface area contributed by atoms with E-state index >= 15 is 0 Å². The van der Waals surface area contributed by atoms with Crippen LogP contribution in [0.2, 0.25) is 0 Å². The van der Waals surface area contributed by atoms with E-state index in [1.165, 1.54) is 6.07 Å². The Bertz CT molecular complexity index is 594. The number of amidine groups is 1. The molecule has 0 spiro atoms. The van der Waals surface area contributed by atoms with Crippen molar-refractivity contribution in [2.75, 3.05) is 6.26 Å². The molecule has 19 heavy (non-hydrogen) atoms. The van der Waals surface area contributed by atoms with Gasteiger partial charge in [-0.1, -0.05) is 11.8 Å². The highest BCUT2D eigenvalue weighted by Gasteiger charge is 2.16. The average Bonchev–Trinajstić information content (AvgIpc) is 2.37. The summed E-state index contributed by atoms with van der Waals surface area (Å²) in [5, 5.41) is 30.5. The van der Waals surface area contributed by atoms with E-state index in [9.17, 15) is 14.9 Å². The van der Waals surface area contributed by atoms with Gasteiger partial charge in [-0.2, -0.15) is 5.26 Å². The topological polar surface area (TPSA) is 129 Å². The number of nitriles is 1. The first-order valence-electron chi connectivity index (χ1n) is 4.79. The van der Waals surface area contributed by atoms with Crippen LogP contribution in [0.25, 0.3) is 0 Å². The summed E-state index contributed by atoms with van der Waals surface area (Å²) in [5.41, 5.74) is -0.610. The lowest BCUT2D eigenvalue weighted by Gasteiger charge is -2.03. The number of aliphatic imine (C=N–C) groups is 1. The van der Waals surface area contributed by atoms with Crippen LogP contribution >= 0.6 is 11.8 Å². The predicted molar refractivity (Wildman–Crippen MR) is 69.4 cm³/mol. The highest BCUT2D eigenvalue weighted by molar-refractivity contribution is 8.13. The molecule has 8 nitrogen and oxygen atoms in total. The number of carboxylic acid groups (broad SMARTS) is 1. The molecule has 9 heteroatoms. The second-order valence-electron chi connectivity index (χ2n) is 3.12. The van der Waals surface area contributed by atoms with Crippen LogP contribution in [0.5, 0.6) is 0 Å². The number of thioether (sulfide) groups is 1. The minimum atomic E-state index is -1.33. The number of nitro groups is 1. The SMILES string of the molecule is CSC(=Nc1ccc([N+](=O)[O-])cc1C(=O)O)NC#N. The van der Waals surface area contributed by atoms with Crippen LogP contribution in [0, 0.1) is 21.6 Å². The minimum absolute atomic E-state index is 0.0326. The molecule has 0 atom stereocenters. The number of hydrogen-bond donors (Lipinski definition) is 2. The molecule has 0 bridgehead atoms. The van der Waals surface area contributed by atoms with Crippen molar-refractivity contribution in [1.29, 1.82) is 5.26 Å². The molecule has 98 valence electrons. The molecule has 1 aromatic carbocycles. The van der Waals surface area contributed by atoms with Gasteiger partial charge in [0.05, 0.1) is 16.2 Å². The van der Waals surface area contributed by atoms with Gasteiger partial charge in [0.15, 0.2) is 11.4 Å².